The number of ether oxygens (including phenoxy) is 3. The van der Waals surface area contributed by atoms with Crippen molar-refractivity contribution >= 4 is 6.09 Å². The molecule has 1 fully saturated rings. The fourth-order valence-electron chi connectivity index (χ4n) is 4.20. The van der Waals surface area contributed by atoms with Crippen molar-refractivity contribution < 1.29 is 19.0 Å². The SMILES string of the molecule is COc1ccc(CCCN(CCCc2ccc(OC)cc2)C2C[C@H]2NC(=O)OC(C)(C)C)cc1. The summed E-state index contributed by atoms with van der Waals surface area (Å²) in [5, 5.41) is 3.05. The van der Waals surface area contributed by atoms with Crippen LogP contribution < -0.4 is 14.8 Å². The first-order valence-corrected chi connectivity index (χ1v) is 12.3. The third-order valence-electron chi connectivity index (χ3n) is 6.07. The molecule has 1 N–H and O–H groups in total. The van der Waals surface area contributed by atoms with E-state index < -0.39 is 5.60 Å². The molecule has 1 saturated carbocycles. The lowest BCUT2D eigenvalue weighted by Crippen LogP contribution is -2.38. The molecule has 3 rings (SSSR count). The highest BCUT2D eigenvalue weighted by Gasteiger charge is 2.43. The van der Waals surface area contributed by atoms with E-state index in [1.165, 1.54) is 11.1 Å². The lowest BCUT2D eigenvalue weighted by atomic mass is 10.1. The molecule has 2 aromatic carbocycles. The Morgan fingerprint density at radius 1 is 0.882 bits per heavy atom. The highest BCUT2D eigenvalue weighted by Crippen LogP contribution is 2.29. The van der Waals surface area contributed by atoms with Crippen molar-refractivity contribution in [3.63, 3.8) is 0 Å². The van der Waals surface area contributed by atoms with Crippen LogP contribution in [0.25, 0.3) is 0 Å². The molecule has 1 unspecified atom stereocenters. The van der Waals surface area contributed by atoms with E-state index in [2.05, 4.69) is 34.5 Å². The Morgan fingerprint density at radius 3 is 1.76 bits per heavy atom. The van der Waals surface area contributed by atoms with Gasteiger partial charge in [0.25, 0.3) is 0 Å². The number of alkyl carbamates (subject to hydrolysis) is 1. The summed E-state index contributed by atoms with van der Waals surface area (Å²) >= 11 is 0. The third kappa shape index (κ3) is 8.56. The lowest BCUT2D eigenvalue weighted by molar-refractivity contribution is 0.0517. The van der Waals surface area contributed by atoms with E-state index in [9.17, 15) is 4.79 Å². The molecule has 1 aliphatic rings. The van der Waals surface area contributed by atoms with Gasteiger partial charge in [-0.2, -0.15) is 0 Å². The van der Waals surface area contributed by atoms with Crippen molar-refractivity contribution in [2.45, 2.75) is 70.6 Å². The summed E-state index contributed by atoms with van der Waals surface area (Å²) in [5.74, 6) is 1.77. The summed E-state index contributed by atoms with van der Waals surface area (Å²) in [6.07, 6.45) is 4.85. The number of hydrogen-bond donors (Lipinski definition) is 1. The standard InChI is InChI=1S/C28H40N2O4/c1-28(2,3)34-27(31)29-25-20-26(25)30(18-6-8-21-10-14-23(32-4)15-11-21)19-7-9-22-12-16-24(33-5)17-13-22/h10-17,25-26H,6-9,18-20H2,1-5H3,(H,29,31)/t25-,26?/m1/s1. The third-order valence-corrected chi connectivity index (χ3v) is 6.07. The summed E-state index contributed by atoms with van der Waals surface area (Å²) in [5.41, 5.74) is 2.15. The monoisotopic (exact) mass is 468 g/mol. The number of carbonyl (C=O) groups excluding carboxylic acids is 1. The summed E-state index contributed by atoms with van der Waals surface area (Å²) in [6, 6.07) is 17.2. The van der Waals surface area contributed by atoms with Gasteiger partial charge < -0.3 is 19.5 Å². The Balaban J connectivity index is 1.51. The maximum atomic E-state index is 12.2. The molecule has 0 heterocycles. The molecule has 0 aromatic heterocycles. The van der Waals surface area contributed by atoms with Crippen molar-refractivity contribution in [1.29, 1.82) is 0 Å². The molecule has 34 heavy (non-hydrogen) atoms. The van der Waals surface area contributed by atoms with Gasteiger partial charge in [-0.25, -0.2) is 4.79 Å². The summed E-state index contributed by atoms with van der Waals surface area (Å²) in [4.78, 5) is 14.7. The molecule has 6 heteroatoms. The van der Waals surface area contributed by atoms with Gasteiger partial charge in [-0.15, -0.1) is 0 Å². The van der Waals surface area contributed by atoms with E-state index in [4.69, 9.17) is 14.2 Å². The Bertz CT molecular complexity index is 837. The zero-order chi connectivity index (χ0) is 24.6. The number of aryl methyl sites for hydroxylation is 2. The number of benzene rings is 2. The average Bonchev–Trinajstić information content (AvgIpc) is 3.56. The molecular formula is C28H40N2O4. The van der Waals surface area contributed by atoms with Gasteiger partial charge in [0.2, 0.25) is 0 Å². The van der Waals surface area contributed by atoms with Gasteiger partial charge in [0, 0.05) is 12.1 Å². The molecule has 1 amide bonds. The van der Waals surface area contributed by atoms with Crippen molar-refractivity contribution in [3.8, 4) is 11.5 Å². The number of hydrogen-bond acceptors (Lipinski definition) is 5. The molecule has 0 bridgehead atoms. The molecule has 0 saturated heterocycles. The number of rotatable bonds is 12. The zero-order valence-corrected chi connectivity index (χ0v) is 21.3. The van der Waals surface area contributed by atoms with Crippen LogP contribution in [0.1, 0.15) is 51.2 Å². The van der Waals surface area contributed by atoms with Crippen LogP contribution in [0.4, 0.5) is 4.79 Å². The van der Waals surface area contributed by atoms with Gasteiger partial charge in [0.05, 0.1) is 14.2 Å². The second-order valence-electron chi connectivity index (χ2n) is 9.99. The van der Waals surface area contributed by atoms with Gasteiger partial charge in [-0.05, 0) is 101 Å². The zero-order valence-electron chi connectivity index (χ0n) is 21.3. The van der Waals surface area contributed by atoms with Gasteiger partial charge in [-0.3, -0.25) is 4.90 Å². The van der Waals surface area contributed by atoms with Crippen LogP contribution in [-0.4, -0.2) is 56.0 Å². The second kappa shape index (κ2) is 12.1. The van der Waals surface area contributed by atoms with Gasteiger partial charge >= 0.3 is 6.09 Å². The van der Waals surface area contributed by atoms with Gasteiger partial charge in [0.15, 0.2) is 0 Å². The van der Waals surface area contributed by atoms with E-state index in [1.54, 1.807) is 14.2 Å². The van der Waals surface area contributed by atoms with Crippen LogP contribution in [-0.2, 0) is 17.6 Å². The minimum Gasteiger partial charge on any atom is -0.497 e. The molecule has 1 aliphatic carbocycles. The smallest absolute Gasteiger partial charge is 0.407 e. The summed E-state index contributed by atoms with van der Waals surface area (Å²) in [6.45, 7) is 7.68. The number of amides is 1. The minimum absolute atomic E-state index is 0.164. The predicted molar refractivity (Wildman–Crippen MR) is 136 cm³/mol. The first kappa shape index (κ1) is 25.9. The first-order valence-electron chi connectivity index (χ1n) is 12.3. The molecule has 6 nitrogen and oxygen atoms in total. The Hall–Kier alpha value is -2.73. The summed E-state index contributed by atoms with van der Waals surface area (Å²) in [7, 11) is 3.38. The van der Waals surface area contributed by atoms with E-state index in [-0.39, 0.29) is 12.1 Å². The average molecular weight is 469 g/mol. The van der Waals surface area contributed by atoms with E-state index in [1.807, 2.05) is 45.0 Å². The number of nitrogens with one attached hydrogen (secondary N) is 1. The normalized spacial score (nSPS) is 17.4. The van der Waals surface area contributed by atoms with E-state index in [0.29, 0.717) is 6.04 Å². The highest BCUT2D eigenvalue weighted by molar-refractivity contribution is 5.68. The molecule has 0 aliphatic heterocycles. The second-order valence-corrected chi connectivity index (χ2v) is 9.99. The van der Waals surface area contributed by atoms with Crippen molar-refractivity contribution in [2.75, 3.05) is 27.3 Å². The molecular weight excluding hydrogens is 428 g/mol. The van der Waals surface area contributed by atoms with Crippen LogP contribution >= 0.6 is 0 Å². The highest BCUT2D eigenvalue weighted by atomic mass is 16.6. The predicted octanol–water partition coefficient (Wildman–Crippen LogP) is 5.24. The first-order chi connectivity index (χ1) is 16.3. The van der Waals surface area contributed by atoms with Crippen molar-refractivity contribution in [1.82, 2.24) is 10.2 Å². The lowest BCUT2D eigenvalue weighted by Gasteiger charge is -2.24. The van der Waals surface area contributed by atoms with E-state index in [0.717, 1.165) is 56.7 Å². The van der Waals surface area contributed by atoms with Crippen LogP contribution in [0.5, 0.6) is 11.5 Å². The van der Waals surface area contributed by atoms with Gasteiger partial charge in [0.1, 0.15) is 17.1 Å². The fraction of sp³-hybridized carbons (Fsp3) is 0.536. The molecule has 2 atom stereocenters. The minimum atomic E-state index is -0.481. The number of carbonyl (C=O) groups is 1. The van der Waals surface area contributed by atoms with Crippen LogP contribution in [0.3, 0.4) is 0 Å². The van der Waals surface area contributed by atoms with Crippen LogP contribution in [0.15, 0.2) is 48.5 Å². The number of methoxy groups -OCH3 is 2. The topological polar surface area (TPSA) is 60.0 Å². The largest absolute Gasteiger partial charge is 0.497 e. The summed E-state index contributed by atoms with van der Waals surface area (Å²) < 4.78 is 16.0. The van der Waals surface area contributed by atoms with Crippen molar-refractivity contribution in [2.24, 2.45) is 0 Å². The van der Waals surface area contributed by atoms with Crippen LogP contribution in [0, 0.1) is 0 Å². The Labute approximate surface area is 204 Å². The quantitative estimate of drug-likeness (QED) is 0.462. The maximum Gasteiger partial charge on any atom is 0.407 e. The molecule has 2 aromatic rings. The van der Waals surface area contributed by atoms with E-state index >= 15 is 0 Å². The molecule has 0 radical (unpaired) electrons. The van der Waals surface area contributed by atoms with Crippen molar-refractivity contribution in [3.05, 3.63) is 59.7 Å². The molecule has 0 spiro atoms. The fourth-order valence-corrected chi connectivity index (χ4v) is 4.20. The maximum absolute atomic E-state index is 12.2. The Morgan fingerprint density at radius 2 is 1.35 bits per heavy atom. The Kier molecular flexibility index (Phi) is 9.22. The molecule has 186 valence electrons. The van der Waals surface area contributed by atoms with Gasteiger partial charge in [-0.1, -0.05) is 24.3 Å². The number of nitrogens with zero attached hydrogens (tertiary/aromatic N) is 1. The van der Waals surface area contributed by atoms with Crippen LogP contribution in [0.2, 0.25) is 0 Å².